The summed E-state index contributed by atoms with van der Waals surface area (Å²) in [7, 11) is 1.60. The van der Waals surface area contributed by atoms with E-state index < -0.39 is 0 Å². The Morgan fingerprint density at radius 3 is 2.60 bits per heavy atom. The Bertz CT molecular complexity index is 835. The van der Waals surface area contributed by atoms with E-state index in [1.807, 2.05) is 29.2 Å². The number of carbonyl (C=O) groups excluding carboxylic acids is 2. The summed E-state index contributed by atoms with van der Waals surface area (Å²) in [6.45, 7) is 2.32. The number of pyridine rings is 1. The molecule has 2 N–H and O–H groups in total. The average Bonchev–Trinajstić information content (AvgIpc) is 2.79. The first-order chi connectivity index (χ1) is 14.6. The first-order valence-electron chi connectivity index (χ1n) is 10.2. The van der Waals surface area contributed by atoms with Gasteiger partial charge in [-0.15, -0.1) is 0 Å². The minimum atomic E-state index is -0.307. The Balaban J connectivity index is 1.36. The van der Waals surface area contributed by atoms with E-state index in [0.29, 0.717) is 36.9 Å². The molecule has 30 heavy (non-hydrogen) atoms. The Hall–Kier alpha value is -3.29. The SMILES string of the molecule is COc1cccc(Oc2ccc(CNC(=O)NCCC(=O)N3CCCCC3)cn2)c1. The van der Waals surface area contributed by atoms with Gasteiger partial charge in [-0.05, 0) is 37.0 Å². The lowest BCUT2D eigenvalue weighted by atomic mass is 10.1. The number of methoxy groups -OCH3 is 1. The zero-order chi connectivity index (χ0) is 21.2. The second-order valence-corrected chi connectivity index (χ2v) is 7.09. The highest BCUT2D eigenvalue weighted by Gasteiger charge is 2.16. The van der Waals surface area contributed by atoms with Crippen molar-refractivity contribution in [3.05, 3.63) is 48.2 Å². The quantitative estimate of drug-likeness (QED) is 0.695. The molecule has 3 rings (SSSR count). The fourth-order valence-electron chi connectivity index (χ4n) is 3.19. The van der Waals surface area contributed by atoms with Crippen LogP contribution in [-0.4, -0.2) is 48.6 Å². The highest BCUT2D eigenvalue weighted by Crippen LogP contribution is 2.23. The molecule has 0 bridgehead atoms. The molecule has 1 saturated heterocycles. The van der Waals surface area contributed by atoms with Crippen LogP contribution in [0.1, 0.15) is 31.2 Å². The van der Waals surface area contributed by atoms with E-state index in [9.17, 15) is 9.59 Å². The number of hydrogen-bond donors (Lipinski definition) is 2. The number of hydrogen-bond acceptors (Lipinski definition) is 5. The molecule has 2 heterocycles. The van der Waals surface area contributed by atoms with Crippen LogP contribution in [0.15, 0.2) is 42.6 Å². The number of aromatic nitrogens is 1. The van der Waals surface area contributed by atoms with Gasteiger partial charge in [0.1, 0.15) is 11.5 Å². The van der Waals surface area contributed by atoms with Gasteiger partial charge in [0, 0.05) is 50.9 Å². The summed E-state index contributed by atoms with van der Waals surface area (Å²) in [5.74, 6) is 1.89. The van der Waals surface area contributed by atoms with Crippen molar-refractivity contribution in [2.75, 3.05) is 26.7 Å². The summed E-state index contributed by atoms with van der Waals surface area (Å²) in [6.07, 6.45) is 5.29. The van der Waals surface area contributed by atoms with Crippen LogP contribution in [0.3, 0.4) is 0 Å². The van der Waals surface area contributed by atoms with Gasteiger partial charge in [-0.2, -0.15) is 0 Å². The Labute approximate surface area is 176 Å². The van der Waals surface area contributed by atoms with Gasteiger partial charge >= 0.3 is 6.03 Å². The lowest BCUT2D eigenvalue weighted by molar-refractivity contribution is -0.131. The number of benzene rings is 1. The second kappa shape index (κ2) is 11.0. The number of nitrogens with one attached hydrogen (secondary N) is 2. The van der Waals surface area contributed by atoms with Gasteiger partial charge in [0.2, 0.25) is 11.8 Å². The van der Waals surface area contributed by atoms with Crippen LogP contribution in [0, 0.1) is 0 Å². The van der Waals surface area contributed by atoms with Crippen LogP contribution in [0.25, 0.3) is 0 Å². The monoisotopic (exact) mass is 412 g/mol. The van der Waals surface area contributed by atoms with Gasteiger partial charge in [-0.25, -0.2) is 9.78 Å². The molecule has 1 aromatic carbocycles. The van der Waals surface area contributed by atoms with E-state index in [4.69, 9.17) is 9.47 Å². The van der Waals surface area contributed by atoms with Crippen LogP contribution in [-0.2, 0) is 11.3 Å². The van der Waals surface area contributed by atoms with E-state index >= 15 is 0 Å². The van der Waals surface area contributed by atoms with Crippen LogP contribution < -0.4 is 20.1 Å². The minimum absolute atomic E-state index is 0.103. The van der Waals surface area contributed by atoms with Crippen molar-refractivity contribution in [3.8, 4) is 17.4 Å². The fourth-order valence-corrected chi connectivity index (χ4v) is 3.19. The van der Waals surface area contributed by atoms with E-state index in [0.717, 1.165) is 31.5 Å². The van der Waals surface area contributed by atoms with Crippen LogP contribution >= 0.6 is 0 Å². The van der Waals surface area contributed by atoms with Crippen LogP contribution in [0.2, 0.25) is 0 Å². The van der Waals surface area contributed by atoms with E-state index in [-0.39, 0.29) is 11.9 Å². The first kappa shape index (κ1) is 21.4. The predicted octanol–water partition coefficient (Wildman–Crippen LogP) is 3.08. The Kier molecular flexibility index (Phi) is 7.88. The summed E-state index contributed by atoms with van der Waals surface area (Å²) in [5.41, 5.74) is 0.840. The standard InChI is InChI=1S/C22H28N4O4/c1-29-18-6-5-7-19(14-18)30-20-9-8-17(15-24-20)16-25-22(28)23-11-10-21(27)26-12-3-2-4-13-26/h5-9,14-15H,2-4,10-13,16H2,1H3,(H2,23,25,28). The number of carbonyl (C=O) groups is 2. The number of likely N-dealkylation sites (tertiary alicyclic amines) is 1. The maximum atomic E-state index is 12.1. The smallest absolute Gasteiger partial charge is 0.315 e. The number of urea groups is 1. The lowest BCUT2D eigenvalue weighted by Gasteiger charge is -2.26. The van der Waals surface area contributed by atoms with E-state index in [2.05, 4.69) is 15.6 Å². The maximum Gasteiger partial charge on any atom is 0.315 e. The molecule has 0 saturated carbocycles. The molecule has 1 fully saturated rings. The highest BCUT2D eigenvalue weighted by molar-refractivity contribution is 5.78. The van der Waals surface area contributed by atoms with Gasteiger partial charge in [0.25, 0.3) is 0 Å². The number of nitrogens with zero attached hydrogens (tertiary/aromatic N) is 2. The number of rotatable bonds is 8. The van der Waals surface area contributed by atoms with Crippen molar-refractivity contribution in [1.29, 1.82) is 0 Å². The molecule has 0 aliphatic carbocycles. The van der Waals surface area contributed by atoms with Gasteiger partial charge < -0.3 is 25.0 Å². The normalized spacial score (nSPS) is 13.4. The molecule has 8 nitrogen and oxygen atoms in total. The lowest BCUT2D eigenvalue weighted by Crippen LogP contribution is -2.40. The second-order valence-electron chi connectivity index (χ2n) is 7.09. The maximum absolute atomic E-state index is 12.1. The molecule has 0 unspecified atom stereocenters. The topological polar surface area (TPSA) is 92.8 Å². The zero-order valence-corrected chi connectivity index (χ0v) is 17.2. The Morgan fingerprint density at radius 1 is 1.07 bits per heavy atom. The number of ether oxygens (including phenoxy) is 2. The van der Waals surface area contributed by atoms with Crippen molar-refractivity contribution < 1.29 is 19.1 Å². The van der Waals surface area contributed by atoms with E-state index in [1.165, 1.54) is 6.42 Å². The summed E-state index contributed by atoms with van der Waals surface area (Å²) >= 11 is 0. The molecule has 160 valence electrons. The molecule has 0 atom stereocenters. The van der Waals surface area contributed by atoms with Crippen molar-refractivity contribution in [1.82, 2.24) is 20.5 Å². The highest BCUT2D eigenvalue weighted by atomic mass is 16.5. The summed E-state index contributed by atoms with van der Waals surface area (Å²) in [4.78, 5) is 30.2. The molecule has 1 aliphatic rings. The molecule has 8 heteroatoms. The fraction of sp³-hybridized carbons (Fsp3) is 0.409. The molecule has 3 amide bonds. The third kappa shape index (κ3) is 6.65. The summed E-state index contributed by atoms with van der Waals surface area (Å²) in [6, 6.07) is 10.5. The third-order valence-electron chi connectivity index (χ3n) is 4.85. The Morgan fingerprint density at radius 2 is 1.87 bits per heavy atom. The molecule has 1 aliphatic heterocycles. The number of amides is 3. The molecular weight excluding hydrogens is 384 g/mol. The first-order valence-corrected chi connectivity index (χ1v) is 10.2. The van der Waals surface area contributed by atoms with Crippen LogP contribution in [0.4, 0.5) is 4.79 Å². The van der Waals surface area contributed by atoms with Crippen molar-refractivity contribution in [2.45, 2.75) is 32.2 Å². The summed E-state index contributed by atoms with van der Waals surface area (Å²) in [5, 5.41) is 5.49. The van der Waals surface area contributed by atoms with Gasteiger partial charge in [-0.3, -0.25) is 4.79 Å². The molecule has 1 aromatic heterocycles. The van der Waals surface area contributed by atoms with Gasteiger partial charge in [-0.1, -0.05) is 12.1 Å². The molecule has 0 spiro atoms. The zero-order valence-electron chi connectivity index (χ0n) is 17.2. The van der Waals surface area contributed by atoms with E-state index in [1.54, 1.807) is 25.4 Å². The summed E-state index contributed by atoms with van der Waals surface area (Å²) < 4.78 is 10.9. The molecular formula is C22H28N4O4. The molecule has 0 radical (unpaired) electrons. The third-order valence-corrected chi connectivity index (χ3v) is 4.85. The van der Waals surface area contributed by atoms with Crippen molar-refractivity contribution >= 4 is 11.9 Å². The van der Waals surface area contributed by atoms with Gasteiger partial charge in [0.05, 0.1) is 7.11 Å². The average molecular weight is 412 g/mol. The van der Waals surface area contributed by atoms with Crippen molar-refractivity contribution in [3.63, 3.8) is 0 Å². The predicted molar refractivity (Wildman–Crippen MR) is 113 cm³/mol. The van der Waals surface area contributed by atoms with Crippen LogP contribution in [0.5, 0.6) is 17.4 Å². The minimum Gasteiger partial charge on any atom is -0.497 e. The van der Waals surface area contributed by atoms with Crippen molar-refractivity contribution in [2.24, 2.45) is 0 Å². The number of piperidine rings is 1. The molecule has 2 aromatic rings. The van der Waals surface area contributed by atoms with Gasteiger partial charge in [0.15, 0.2) is 0 Å². The largest absolute Gasteiger partial charge is 0.497 e.